The number of carboxylic acid groups (broad SMARTS) is 1. The van der Waals surface area contributed by atoms with Crippen LogP contribution in [-0.2, 0) is 9.59 Å². The zero-order chi connectivity index (χ0) is 25.1. The molecule has 5 aliphatic carbocycles. The molecule has 34 heavy (non-hydrogen) atoms. The zero-order valence-electron chi connectivity index (χ0n) is 22.5. The third-order valence-electron chi connectivity index (χ3n) is 12.8. The number of allylic oxidation sites excluding steroid dienone is 2. The zero-order valence-corrected chi connectivity index (χ0v) is 22.5. The second kappa shape index (κ2) is 6.99. The molecule has 0 aromatic rings. The Bertz CT molecular complexity index is 961. The average molecular weight is 471 g/mol. The Labute approximate surface area is 206 Å². The summed E-state index contributed by atoms with van der Waals surface area (Å²) in [5.41, 5.74) is -0.127. The van der Waals surface area contributed by atoms with Crippen LogP contribution < -0.4 is 0 Å². The highest BCUT2D eigenvalue weighted by molar-refractivity contribution is 5.96. The van der Waals surface area contributed by atoms with Gasteiger partial charge in [0.25, 0.3) is 0 Å². The summed E-state index contributed by atoms with van der Waals surface area (Å²) in [6.07, 6.45) is 9.38. The predicted molar refractivity (Wildman–Crippen MR) is 133 cm³/mol. The summed E-state index contributed by atoms with van der Waals surface area (Å²) in [5.74, 6) is -0.217. The van der Waals surface area contributed by atoms with E-state index in [-0.39, 0.29) is 50.8 Å². The van der Waals surface area contributed by atoms with Crippen LogP contribution in [-0.4, -0.2) is 28.1 Å². The summed E-state index contributed by atoms with van der Waals surface area (Å²) in [5, 5.41) is 21.3. The first kappa shape index (κ1) is 24.5. The SMILES string of the molecule is CC1(C)CC[C@]2(C(=O)O)CC[C@]3(C)C(=CC(=O)C4[C@@]5(C)CC[C@H](O)C(C)(C)C5CC[C@]43C)[C@@H]2C1. The van der Waals surface area contributed by atoms with E-state index in [1.165, 1.54) is 0 Å². The van der Waals surface area contributed by atoms with Crippen molar-refractivity contribution in [2.24, 2.45) is 50.2 Å². The van der Waals surface area contributed by atoms with Crippen LogP contribution in [0.25, 0.3) is 0 Å². The Morgan fingerprint density at radius 1 is 0.912 bits per heavy atom. The molecule has 0 bridgehead atoms. The number of rotatable bonds is 1. The van der Waals surface area contributed by atoms with Gasteiger partial charge in [-0.05, 0) is 103 Å². The fourth-order valence-electron chi connectivity index (χ4n) is 10.4. The van der Waals surface area contributed by atoms with Crippen LogP contribution in [0, 0.1) is 50.2 Å². The van der Waals surface area contributed by atoms with Crippen LogP contribution in [0.15, 0.2) is 11.6 Å². The lowest BCUT2D eigenvalue weighted by molar-refractivity contribution is -0.204. The highest BCUT2D eigenvalue weighted by Gasteiger charge is 2.71. The third-order valence-corrected chi connectivity index (χ3v) is 12.8. The second-order valence-corrected chi connectivity index (χ2v) is 15.0. The van der Waals surface area contributed by atoms with E-state index < -0.39 is 11.4 Å². The first-order valence-corrected chi connectivity index (χ1v) is 13.7. The molecule has 5 aliphatic rings. The fraction of sp³-hybridized carbons (Fsp3) is 0.867. The maximum atomic E-state index is 14.2. The lowest BCUT2D eigenvalue weighted by atomic mass is 9.33. The lowest BCUT2D eigenvalue weighted by Crippen LogP contribution is -2.67. The number of carboxylic acids is 1. The number of carbonyl (C=O) groups is 2. The summed E-state index contributed by atoms with van der Waals surface area (Å²) < 4.78 is 0. The van der Waals surface area contributed by atoms with Crippen molar-refractivity contribution < 1.29 is 19.8 Å². The van der Waals surface area contributed by atoms with Gasteiger partial charge in [0.2, 0.25) is 0 Å². The van der Waals surface area contributed by atoms with Crippen molar-refractivity contribution in [2.75, 3.05) is 0 Å². The first-order chi connectivity index (χ1) is 15.6. The van der Waals surface area contributed by atoms with E-state index in [4.69, 9.17) is 0 Å². The summed E-state index contributed by atoms with van der Waals surface area (Å²) in [6, 6.07) is 0. The Balaban J connectivity index is 1.65. The van der Waals surface area contributed by atoms with E-state index in [0.29, 0.717) is 12.3 Å². The number of hydrogen-bond donors (Lipinski definition) is 2. The van der Waals surface area contributed by atoms with E-state index in [9.17, 15) is 19.8 Å². The van der Waals surface area contributed by atoms with Gasteiger partial charge in [-0.15, -0.1) is 0 Å². The fourth-order valence-corrected chi connectivity index (χ4v) is 10.4. The molecule has 0 heterocycles. The van der Waals surface area contributed by atoms with Crippen molar-refractivity contribution >= 4 is 11.8 Å². The van der Waals surface area contributed by atoms with Crippen molar-refractivity contribution in [3.8, 4) is 0 Å². The first-order valence-electron chi connectivity index (χ1n) is 13.7. The van der Waals surface area contributed by atoms with Gasteiger partial charge >= 0.3 is 5.97 Å². The molecule has 4 heteroatoms. The molecule has 0 aromatic heterocycles. The van der Waals surface area contributed by atoms with Crippen LogP contribution in [0.5, 0.6) is 0 Å². The van der Waals surface area contributed by atoms with Crippen LogP contribution in [0.4, 0.5) is 0 Å². The van der Waals surface area contributed by atoms with Gasteiger partial charge in [-0.2, -0.15) is 0 Å². The van der Waals surface area contributed by atoms with E-state index in [1.807, 2.05) is 6.08 Å². The number of ketones is 1. The lowest BCUT2D eigenvalue weighted by Gasteiger charge is -2.70. The quantitative estimate of drug-likeness (QED) is 0.464. The topological polar surface area (TPSA) is 74.6 Å². The molecule has 8 atom stereocenters. The van der Waals surface area contributed by atoms with Gasteiger partial charge in [0, 0.05) is 5.92 Å². The van der Waals surface area contributed by atoms with Gasteiger partial charge in [-0.25, -0.2) is 0 Å². The Hall–Kier alpha value is -1.16. The maximum Gasteiger partial charge on any atom is 0.310 e. The van der Waals surface area contributed by atoms with Crippen molar-refractivity contribution in [2.45, 2.75) is 112 Å². The molecule has 2 N–H and O–H groups in total. The van der Waals surface area contributed by atoms with Gasteiger partial charge in [-0.1, -0.05) is 54.0 Å². The Morgan fingerprint density at radius 2 is 1.56 bits per heavy atom. The minimum absolute atomic E-state index is 0.0515. The van der Waals surface area contributed by atoms with Crippen LogP contribution >= 0.6 is 0 Å². The molecule has 4 nitrogen and oxygen atoms in total. The highest BCUT2D eigenvalue weighted by Crippen LogP contribution is 2.75. The monoisotopic (exact) mass is 470 g/mol. The molecule has 190 valence electrons. The molecule has 4 saturated carbocycles. The molecule has 0 amide bonds. The molecule has 0 aliphatic heterocycles. The maximum absolute atomic E-state index is 14.2. The van der Waals surface area contributed by atoms with Crippen molar-refractivity contribution in [3.63, 3.8) is 0 Å². The van der Waals surface area contributed by atoms with Gasteiger partial charge in [0.05, 0.1) is 11.5 Å². The smallest absolute Gasteiger partial charge is 0.310 e. The van der Waals surface area contributed by atoms with Crippen LogP contribution in [0.2, 0.25) is 0 Å². The number of aliphatic carboxylic acids is 1. The number of fused-ring (bicyclic) bond motifs is 7. The van der Waals surface area contributed by atoms with Gasteiger partial charge in [-0.3, -0.25) is 9.59 Å². The minimum atomic E-state index is -0.720. The number of aliphatic hydroxyl groups excluding tert-OH is 1. The molecule has 4 fully saturated rings. The molecule has 0 spiro atoms. The summed E-state index contributed by atoms with van der Waals surface area (Å²) >= 11 is 0. The minimum Gasteiger partial charge on any atom is -0.481 e. The summed E-state index contributed by atoms with van der Waals surface area (Å²) in [4.78, 5) is 27.0. The molecular formula is C30H46O4. The number of carbonyl (C=O) groups excluding carboxylic acids is 1. The standard InChI is InChI=1S/C30H46O4/c1-25(2)12-14-30(24(33)34)15-13-28(6)18(19(30)17-25)16-20(31)23-27(5)10-9-22(32)26(3,4)21(27)8-11-29(23,28)7/h16,19,21-23,32H,8-15,17H2,1-7H3,(H,33,34)/t19-,21?,22-,23?,27-,28+,29+,30-/m0/s1. The van der Waals surface area contributed by atoms with Crippen LogP contribution in [0.1, 0.15) is 106 Å². The van der Waals surface area contributed by atoms with Crippen molar-refractivity contribution in [1.29, 1.82) is 0 Å². The molecule has 2 unspecified atom stereocenters. The number of aliphatic hydroxyl groups is 1. The average Bonchev–Trinajstić information content (AvgIpc) is 2.72. The molecule has 0 saturated heterocycles. The van der Waals surface area contributed by atoms with E-state index in [0.717, 1.165) is 56.9 Å². The molecular weight excluding hydrogens is 424 g/mol. The largest absolute Gasteiger partial charge is 0.481 e. The summed E-state index contributed by atoms with van der Waals surface area (Å²) in [7, 11) is 0. The normalized spacial score (nSPS) is 51.3. The Kier molecular flexibility index (Phi) is 5.04. The van der Waals surface area contributed by atoms with E-state index in [1.54, 1.807) is 0 Å². The number of hydrogen-bond acceptors (Lipinski definition) is 3. The van der Waals surface area contributed by atoms with Gasteiger partial charge in [0.1, 0.15) is 0 Å². The third kappa shape index (κ3) is 2.81. The Morgan fingerprint density at radius 3 is 2.21 bits per heavy atom. The van der Waals surface area contributed by atoms with Gasteiger partial charge in [0.15, 0.2) is 5.78 Å². The molecule has 0 aromatic carbocycles. The molecule has 5 rings (SSSR count). The van der Waals surface area contributed by atoms with Crippen molar-refractivity contribution in [3.05, 3.63) is 11.6 Å². The van der Waals surface area contributed by atoms with Gasteiger partial charge < -0.3 is 10.2 Å². The second-order valence-electron chi connectivity index (χ2n) is 15.0. The predicted octanol–water partition coefficient (Wildman–Crippen LogP) is 6.41. The summed E-state index contributed by atoms with van der Waals surface area (Å²) in [6.45, 7) is 16.0. The van der Waals surface area contributed by atoms with Crippen molar-refractivity contribution in [1.82, 2.24) is 0 Å². The van der Waals surface area contributed by atoms with E-state index >= 15 is 0 Å². The molecule has 0 radical (unpaired) electrons. The highest BCUT2D eigenvalue weighted by atomic mass is 16.4. The van der Waals surface area contributed by atoms with Crippen LogP contribution in [0.3, 0.4) is 0 Å². The van der Waals surface area contributed by atoms with E-state index in [2.05, 4.69) is 48.5 Å².